The maximum absolute atomic E-state index is 12.0. The summed E-state index contributed by atoms with van der Waals surface area (Å²) in [5, 5.41) is 2.89. The third-order valence-electron chi connectivity index (χ3n) is 3.24. The minimum Gasteiger partial charge on any atom is -0.382 e. The number of hydrogen-bond acceptors (Lipinski definition) is 6. The molecule has 2 amide bonds. The molecular formula is C12H18N6O2. The molecule has 0 bridgehead atoms. The largest absolute Gasteiger partial charge is 0.382 e. The average Bonchev–Trinajstić information content (AvgIpc) is 2.41. The number of likely N-dealkylation sites (tertiary alicyclic amines) is 1. The van der Waals surface area contributed by atoms with Crippen molar-refractivity contribution in [2.45, 2.75) is 18.9 Å². The smallest absolute Gasteiger partial charge is 0.273 e. The van der Waals surface area contributed by atoms with Gasteiger partial charge >= 0.3 is 0 Å². The molecule has 1 aliphatic heterocycles. The molecule has 0 aliphatic carbocycles. The minimum atomic E-state index is -0.334. The molecule has 1 aliphatic rings. The number of primary amides is 1. The summed E-state index contributed by atoms with van der Waals surface area (Å²) in [6.07, 6.45) is 4.40. The quantitative estimate of drug-likeness (QED) is 0.630. The summed E-state index contributed by atoms with van der Waals surface area (Å²) in [4.78, 5) is 32.6. The van der Waals surface area contributed by atoms with Gasteiger partial charge in [-0.25, -0.2) is 9.97 Å². The van der Waals surface area contributed by atoms with Gasteiger partial charge in [0, 0.05) is 31.5 Å². The molecule has 0 saturated carbocycles. The zero-order chi connectivity index (χ0) is 14.5. The second-order valence-corrected chi connectivity index (χ2v) is 4.78. The number of rotatable bonds is 4. The highest BCUT2D eigenvalue weighted by atomic mass is 16.2. The van der Waals surface area contributed by atoms with Crippen LogP contribution >= 0.6 is 0 Å². The van der Waals surface area contributed by atoms with E-state index in [4.69, 9.17) is 11.5 Å². The van der Waals surface area contributed by atoms with Crippen molar-refractivity contribution >= 4 is 17.6 Å². The number of hydrogen-bond donors (Lipinski definition) is 3. The number of piperidine rings is 1. The molecule has 0 aromatic carbocycles. The average molecular weight is 278 g/mol. The number of amides is 2. The molecule has 20 heavy (non-hydrogen) atoms. The van der Waals surface area contributed by atoms with Crippen molar-refractivity contribution in [3.8, 4) is 0 Å². The monoisotopic (exact) mass is 278 g/mol. The Hall–Kier alpha value is -2.22. The number of nitrogens with two attached hydrogens (primary N) is 2. The van der Waals surface area contributed by atoms with E-state index in [2.05, 4.69) is 15.3 Å². The first-order valence-electron chi connectivity index (χ1n) is 6.44. The lowest BCUT2D eigenvalue weighted by Gasteiger charge is -2.31. The molecule has 1 aromatic heterocycles. The molecule has 5 N–H and O–H groups in total. The van der Waals surface area contributed by atoms with Crippen molar-refractivity contribution in [3.63, 3.8) is 0 Å². The van der Waals surface area contributed by atoms with Gasteiger partial charge in [0.15, 0.2) is 11.5 Å². The van der Waals surface area contributed by atoms with E-state index in [1.54, 1.807) is 0 Å². The van der Waals surface area contributed by atoms with E-state index in [0.29, 0.717) is 0 Å². The summed E-state index contributed by atoms with van der Waals surface area (Å²) in [6, 6.07) is 0.0491. The Morgan fingerprint density at radius 2 is 1.95 bits per heavy atom. The number of nitrogen functional groups attached to an aromatic ring is 1. The van der Waals surface area contributed by atoms with Crippen LogP contribution in [0.25, 0.3) is 0 Å². The van der Waals surface area contributed by atoms with Crippen LogP contribution < -0.4 is 16.8 Å². The lowest BCUT2D eigenvalue weighted by molar-refractivity contribution is -0.119. The van der Waals surface area contributed by atoms with E-state index in [1.807, 2.05) is 4.90 Å². The van der Waals surface area contributed by atoms with E-state index < -0.39 is 0 Å². The number of carbonyl (C=O) groups is 2. The molecule has 2 heterocycles. The molecule has 1 aromatic rings. The summed E-state index contributed by atoms with van der Waals surface area (Å²) >= 11 is 0. The first kappa shape index (κ1) is 14.2. The van der Waals surface area contributed by atoms with Gasteiger partial charge in [-0.3, -0.25) is 14.5 Å². The first-order chi connectivity index (χ1) is 9.56. The third-order valence-corrected chi connectivity index (χ3v) is 3.24. The second-order valence-electron chi connectivity index (χ2n) is 4.78. The number of carbonyl (C=O) groups excluding carboxylic acids is 2. The Kier molecular flexibility index (Phi) is 4.46. The molecule has 0 spiro atoms. The topological polar surface area (TPSA) is 127 Å². The standard InChI is InChI=1S/C12H18N6O2/c13-9(19)7-18-5-1-8(2-6-18)17-12(20)10-11(14)16-4-3-15-10/h3-4,8H,1-2,5-7H2,(H2,13,19)(H2,14,16)(H,17,20). The van der Waals surface area contributed by atoms with Crippen LogP contribution in [0.3, 0.4) is 0 Å². The van der Waals surface area contributed by atoms with Crippen LogP contribution in [0, 0.1) is 0 Å². The predicted octanol–water partition coefficient (Wildman–Crippen LogP) is -1.26. The van der Waals surface area contributed by atoms with Crippen molar-refractivity contribution in [1.82, 2.24) is 20.2 Å². The molecule has 1 fully saturated rings. The molecule has 0 atom stereocenters. The first-order valence-corrected chi connectivity index (χ1v) is 6.44. The lowest BCUT2D eigenvalue weighted by atomic mass is 10.0. The number of nitrogens with zero attached hydrogens (tertiary/aromatic N) is 3. The summed E-state index contributed by atoms with van der Waals surface area (Å²) in [6.45, 7) is 1.71. The van der Waals surface area contributed by atoms with Gasteiger partial charge in [-0.05, 0) is 12.8 Å². The van der Waals surface area contributed by atoms with Crippen LogP contribution in [-0.4, -0.2) is 52.4 Å². The van der Waals surface area contributed by atoms with Gasteiger partial charge in [-0.2, -0.15) is 0 Å². The summed E-state index contributed by atoms with van der Waals surface area (Å²) in [5.74, 6) is -0.528. The fraction of sp³-hybridized carbons (Fsp3) is 0.500. The van der Waals surface area contributed by atoms with E-state index in [1.165, 1.54) is 12.4 Å². The summed E-state index contributed by atoms with van der Waals surface area (Å²) in [5.41, 5.74) is 10.9. The molecular weight excluding hydrogens is 260 g/mol. The SMILES string of the molecule is NC(=O)CN1CCC(NC(=O)c2nccnc2N)CC1. The number of aromatic nitrogens is 2. The van der Waals surface area contributed by atoms with Crippen LogP contribution in [0.5, 0.6) is 0 Å². The van der Waals surface area contributed by atoms with Crippen LogP contribution in [0.15, 0.2) is 12.4 Å². The highest BCUT2D eigenvalue weighted by Crippen LogP contribution is 2.11. The molecule has 2 rings (SSSR count). The summed E-state index contributed by atoms with van der Waals surface area (Å²) < 4.78 is 0. The van der Waals surface area contributed by atoms with Gasteiger partial charge in [0.05, 0.1) is 6.54 Å². The Morgan fingerprint density at radius 1 is 1.30 bits per heavy atom. The molecule has 8 nitrogen and oxygen atoms in total. The van der Waals surface area contributed by atoms with Gasteiger partial charge in [0.2, 0.25) is 5.91 Å². The van der Waals surface area contributed by atoms with Crippen molar-refractivity contribution in [1.29, 1.82) is 0 Å². The molecule has 8 heteroatoms. The summed E-state index contributed by atoms with van der Waals surface area (Å²) in [7, 11) is 0. The molecule has 0 unspecified atom stereocenters. The van der Waals surface area contributed by atoms with Gasteiger partial charge in [-0.15, -0.1) is 0 Å². The maximum Gasteiger partial charge on any atom is 0.273 e. The Balaban J connectivity index is 1.85. The number of nitrogens with one attached hydrogen (secondary N) is 1. The normalized spacial score (nSPS) is 16.8. The predicted molar refractivity (Wildman–Crippen MR) is 72.6 cm³/mol. The highest BCUT2D eigenvalue weighted by molar-refractivity contribution is 5.96. The fourth-order valence-corrected chi connectivity index (χ4v) is 2.23. The molecule has 1 saturated heterocycles. The van der Waals surface area contributed by atoms with Crippen molar-refractivity contribution in [2.24, 2.45) is 5.73 Å². The Bertz CT molecular complexity index is 498. The Labute approximate surface area is 116 Å². The van der Waals surface area contributed by atoms with Gasteiger partial charge in [0.25, 0.3) is 5.91 Å². The van der Waals surface area contributed by atoms with Gasteiger partial charge in [0.1, 0.15) is 0 Å². The van der Waals surface area contributed by atoms with Crippen LogP contribution in [0.4, 0.5) is 5.82 Å². The van der Waals surface area contributed by atoms with Crippen molar-refractivity contribution in [3.05, 3.63) is 18.1 Å². The molecule has 0 radical (unpaired) electrons. The zero-order valence-corrected chi connectivity index (χ0v) is 11.1. The van der Waals surface area contributed by atoms with E-state index in [-0.39, 0.29) is 35.9 Å². The molecule has 108 valence electrons. The second kappa shape index (κ2) is 6.29. The highest BCUT2D eigenvalue weighted by Gasteiger charge is 2.23. The van der Waals surface area contributed by atoms with E-state index in [0.717, 1.165) is 25.9 Å². The van der Waals surface area contributed by atoms with Gasteiger partial charge in [-0.1, -0.05) is 0 Å². The fourth-order valence-electron chi connectivity index (χ4n) is 2.23. The van der Waals surface area contributed by atoms with E-state index in [9.17, 15) is 9.59 Å². The minimum absolute atomic E-state index is 0.0491. The lowest BCUT2D eigenvalue weighted by Crippen LogP contribution is -2.47. The zero-order valence-electron chi connectivity index (χ0n) is 11.1. The van der Waals surface area contributed by atoms with Crippen molar-refractivity contribution < 1.29 is 9.59 Å². The van der Waals surface area contributed by atoms with E-state index >= 15 is 0 Å². The van der Waals surface area contributed by atoms with Crippen molar-refractivity contribution in [2.75, 3.05) is 25.4 Å². The Morgan fingerprint density at radius 3 is 2.55 bits per heavy atom. The number of anilines is 1. The maximum atomic E-state index is 12.0. The van der Waals surface area contributed by atoms with Crippen LogP contribution in [0.1, 0.15) is 23.3 Å². The van der Waals surface area contributed by atoms with Crippen LogP contribution in [-0.2, 0) is 4.79 Å². The van der Waals surface area contributed by atoms with Crippen LogP contribution in [0.2, 0.25) is 0 Å². The third kappa shape index (κ3) is 3.64. The van der Waals surface area contributed by atoms with Gasteiger partial charge < -0.3 is 16.8 Å².